The second-order valence-corrected chi connectivity index (χ2v) is 14.3. The van der Waals surface area contributed by atoms with Gasteiger partial charge in [0, 0.05) is 34.3 Å². The number of hydrogen-bond donors (Lipinski definition) is 4. The molecule has 0 radical (unpaired) electrons. The molecule has 0 amide bonds. The summed E-state index contributed by atoms with van der Waals surface area (Å²) in [5.41, 5.74) is -2.11. The van der Waals surface area contributed by atoms with Crippen LogP contribution in [0.5, 0.6) is 11.5 Å². The fourth-order valence-corrected chi connectivity index (χ4v) is 8.90. The molecule has 0 aromatic heterocycles. The second kappa shape index (κ2) is 9.54. The van der Waals surface area contributed by atoms with E-state index >= 15 is 0 Å². The molecule has 1 heterocycles. The fraction of sp³-hybridized carbons (Fsp3) is 0.472. The summed E-state index contributed by atoms with van der Waals surface area (Å²) in [6, 6.07) is 7.60. The van der Waals surface area contributed by atoms with Crippen molar-refractivity contribution in [2.75, 3.05) is 6.61 Å². The molecule has 4 N–H and O–H groups in total. The molecule has 6 rings (SSSR count). The van der Waals surface area contributed by atoms with Crippen LogP contribution in [-0.2, 0) is 22.4 Å². The van der Waals surface area contributed by atoms with Crippen molar-refractivity contribution in [2.24, 2.45) is 22.7 Å². The summed E-state index contributed by atoms with van der Waals surface area (Å²) in [5, 5.41) is 47.4. The van der Waals surface area contributed by atoms with E-state index in [4.69, 9.17) is 4.74 Å². The van der Waals surface area contributed by atoms with E-state index in [0.717, 1.165) is 30.2 Å². The Kier molecular flexibility index (Phi) is 6.54. The number of aromatic hydroxyl groups is 1. The summed E-state index contributed by atoms with van der Waals surface area (Å²) in [6.45, 7) is 12.8. The van der Waals surface area contributed by atoms with Crippen LogP contribution in [0.3, 0.4) is 0 Å². The molecular weight excluding hydrogens is 560 g/mol. The molecular formula is C36H40O8. The SMILES string of the molecule is CC(=O)C1=C(O)C(C(C)C)[C@@]2(C)C[C@@]3(C)Cc4c(C(C)C)cc(-c5ccc6c(c5)OCC6)c(O)c4C(=O)C3=C(O)[C@@]2(O)C1=O. The molecule has 8 nitrogen and oxygen atoms in total. The maximum absolute atomic E-state index is 14.6. The van der Waals surface area contributed by atoms with Gasteiger partial charge in [-0.1, -0.05) is 53.7 Å². The Labute approximate surface area is 257 Å². The van der Waals surface area contributed by atoms with Crippen molar-refractivity contribution < 1.29 is 39.5 Å². The van der Waals surface area contributed by atoms with Crippen LogP contribution in [0.15, 0.2) is 46.9 Å². The van der Waals surface area contributed by atoms with Crippen molar-refractivity contribution >= 4 is 17.3 Å². The standard InChI is InChI=1S/C36H40O8/c1-16(2)21-13-22(20-9-8-19-10-11-44-24(19)12-20)29(38)26-23(21)14-34(6)15-35(7)27(17(3)4)30(39)25(18(5)37)32(41)36(35,43)33(42)28(34)31(26)40/h8-9,12-13,16-17,27,38-39,42-43H,10-11,14-15H2,1-7H3/t27?,34-,35-,36+/m1/s1. The number of Topliss-reactive ketones (excluding diaryl/α,β-unsaturated/α-hetero) is 3. The van der Waals surface area contributed by atoms with E-state index in [-0.39, 0.29) is 41.6 Å². The van der Waals surface area contributed by atoms with Gasteiger partial charge in [0.25, 0.3) is 0 Å². The molecule has 1 unspecified atom stereocenters. The number of aliphatic hydroxyl groups is 3. The molecule has 0 saturated carbocycles. The van der Waals surface area contributed by atoms with Gasteiger partial charge in [0.2, 0.25) is 5.78 Å². The minimum Gasteiger partial charge on any atom is -0.511 e. The lowest BCUT2D eigenvalue weighted by Gasteiger charge is -2.59. The van der Waals surface area contributed by atoms with E-state index in [1.165, 1.54) is 0 Å². The molecule has 0 saturated heterocycles. The first-order valence-electron chi connectivity index (χ1n) is 15.3. The van der Waals surface area contributed by atoms with Crippen LogP contribution in [0.25, 0.3) is 11.1 Å². The first-order valence-corrected chi connectivity index (χ1v) is 15.3. The summed E-state index contributed by atoms with van der Waals surface area (Å²) in [5.74, 6) is -4.45. The number of ether oxygens (including phenoxy) is 1. The highest BCUT2D eigenvalue weighted by Gasteiger charge is 2.71. The van der Waals surface area contributed by atoms with Crippen LogP contribution in [0.2, 0.25) is 0 Å². The zero-order valence-electron chi connectivity index (χ0n) is 26.3. The van der Waals surface area contributed by atoms with Crippen LogP contribution in [0.1, 0.15) is 87.9 Å². The van der Waals surface area contributed by atoms with Gasteiger partial charge in [0.1, 0.15) is 28.6 Å². The first kappa shape index (κ1) is 30.1. The molecule has 44 heavy (non-hydrogen) atoms. The molecule has 0 fully saturated rings. The van der Waals surface area contributed by atoms with E-state index in [1.807, 2.05) is 58.9 Å². The molecule has 0 bridgehead atoms. The Morgan fingerprint density at radius 3 is 2.34 bits per heavy atom. The molecule has 4 atom stereocenters. The minimum atomic E-state index is -2.64. The molecule has 232 valence electrons. The largest absolute Gasteiger partial charge is 0.511 e. The lowest BCUT2D eigenvalue weighted by Crippen LogP contribution is -2.67. The summed E-state index contributed by atoms with van der Waals surface area (Å²) < 4.78 is 5.75. The molecule has 2 aromatic rings. The number of benzene rings is 2. The van der Waals surface area contributed by atoms with Crippen molar-refractivity contribution in [1.82, 2.24) is 0 Å². The molecule has 3 aliphatic carbocycles. The first-order chi connectivity index (χ1) is 20.5. The number of fused-ring (bicyclic) bond motifs is 4. The lowest BCUT2D eigenvalue weighted by atomic mass is 9.44. The molecule has 8 heteroatoms. The third-order valence-electron chi connectivity index (χ3n) is 10.7. The van der Waals surface area contributed by atoms with Gasteiger partial charge in [0.15, 0.2) is 17.2 Å². The van der Waals surface area contributed by atoms with Gasteiger partial charge in [0.05, 0.1) is 12.2 Å². The van der Waals surface area contributed by atoms with E-state index in [1.54, 1.807) is 6.92 Å². The normalized spacial score (nSPS) is 29.5. The number of aliphatic hydroxyl groups excluding tert-OH is 2. The Hall–Kier alpha value is -3.91. The fourth-order valence-electron chi connectivity index (χ4n) is 8.90. The average molecular weight is 601 g/mol. The number of phenolic OH excluding ortho intramolecular Hbond substituents is 1. The average Bonchev–Trinajstić information content (AvgIpc) is 3.38. The summed E-state index contributed by atoms with van der Waals surface area (Å²) >= 11 is 0. The maximum Gasteiger partial charge on any atom is 0.209 e. The summed E-state index contributed by atoms with van der Waals surface area (Å²) in [6.07, 6.45) is 1.11. The zero-order chi connectivity index (χ0) is 32.3. The summed E-state index contributed by atoms with van der Waals surface area (Å²) in [7, 11) is 0. The summed E-state index contributed by atoms with van der Waals surface area (Å²) in [4.78, 5) is 41.2. The van der Waals surface area contributed by atoms with E-state index in [2.05, 4.69) is 0 Å². The van der Waals surface area contributed by atoms with E-state index < -0.39 is 56.8 Å². The quantitative estimate of drug-likeness (QED) is 0.310. The van der Waals surface area contributed by atoms with Crippen molar-refractivity contribution in [1.29, 1.82) is 0 Å². The van der Waals surface area contributed by atoms with Crippen LogP contribution in [0, 0.1) is 22.7 Å². The second-order valence-electron chi connectivity index (χ2n) is 14.3. The number of rotatable bonds is 4. The number of phenols is 1. The minimum absolute atomic E-state index is 0.0230. The Morgan fingerprint density at radius 2 is 1.73 bits per heavy atom. The topological polar surface area (TPSA) is 141 Å². The lowest BCUT2D eigenvalue weighted by molar-refractivity contribution is -0.171. The van der Waals surface area contributed by atoms with E-state index in [0.29, 0.717) is 23.3 Å². The number of allylic oxidation sites excluding steroid dienone is 2. The van der Waals surface area contributed by atoms with Crippen LogP contribution in [-0.4, -0.2) is 50.0 Å². The Morgan fingerprint density at radius 1 is 1.05 bits per heavy atom. The molecule has 1 aliphatic heterocycles. The highest BCUT2D eigenvalue weighted by atomic mass is 16.5. The number of carbonyl (C=O) groups excluding carboxylic acids is 3. The third-order valence-corrected chi connectivity index (χ3v) is 10.7. The van der Waals surface area contributed by atoms with Crippen LogP contribution < -0.4 is 4.74 Å². The molecule has 4 aliphatic rings. The smallest absolute Gasteiger partial charge is 0.209 e. The van der Waals surface area contributed by atoms with Gasteiger partial charge in [-0.15, -0.1) is 0 Å². The Balaban J connectivity index is 1.62. The molecule has 2 aromatic carbocycles. The highest BCUT2D eigenvalue weighted by molar-refractivity contribution is 6.25. The zero-order valence-corrected chi connectivity index (χ0v) is 26.3. The van der Waals surface area contributed by atoms with Crippen molar-refractivity contribution in [3.05, 3.63) is 69.2 Å². The van der Waals surface area contributed by atoms with E-state index in [9.17, 15) is 34.8 Å². The highest BCUT2D eigenvalue weighted by Crippen LogP contribution is 2.65. The van der Waals surface area contributed by atoms with Gasteiger partial charge in [-0.05, 0) is 66.0 Å². The van der Waals surface area contributed by atoms with Crippen molar-refractivity contribution in [3.63, 3.8) is 0 Å². The number of hydrogen-bond acceptors (Lipinski definition) is 8. The van der Waals surface area contributed by atoms with Crippen molar-refractivity contribution in [3.8, 4) is 22.6 Å². The van der Waals surface area contributed by atoms with Crippen LogP contribution >= 0.6 is 0 Å². The number of carbonyl (C=O) groups is 3. The third kappa shape index (κ3) is 3.69. The number of ketones is 3. The predicted octanol–water partition coefficient (Wildman–Crippen LogP) is 6.07. The van der Waals surface area contributed by atoms with Crippen LogP contribution in [0.4, 0.5) is 0 Å². The van der Waals surface area contributed by atoms with Gasteiger partial charge < -0.3 is 25.2 Å². The van der Waals surface area contributed by atoms with Gasteiger partial charge in [-0.25, -0.2) is 0 Å². The van der Waals surface area contributed by atoms with Gasteiger partial charge in [-0.2, -0.15) is 0 Å². The van der Waals surface area contributed by atoms with Crippen molar-refractivity contribution in [2.45, 2.75) is 79.2 Å². The molecule has 0 spiro atoms. The van der Waals surface area contributed by atoms with Gasteiger partial charge >= 0.3 is 0 Å². The maximum atomic E-state index is 14.6. The monoisotopic (exact) mass is 600 g/mol. The predicted molar refractivity (Wildman–Crippen MR) is 164 cm³/mol. The van der Waals surface area contributed by atoms with Gasteiger partial charge in [-0.3, -0.25) is 14.4 Å². The Bertz CT molecular complexity index is 1740.